The lowest BCUT2D eigenvalue weighted by atomic mass is 9.93. The molecule has 3 nitrogen and oxygen atoms in total. The van der Waals surface area contributed by atoms with Gasteiger partial charge in [0.05, 0.1) is 5.41 Å². The van der Waals surface area contributed by atoms with Gasteiger partial charge < -0.3 is 10.2 Å². The van der Waals surface area contributed by atoms with Crippen molar-refractivity contribution in [3.05, 3.63) is 29.3 Å². The van der Waals surface area contributed by atoms with Gasteiger partial charge in [-0.3, -0.25) is 4.79 Å². The fraction of sp³-hybridized carbons (Fsp3) is 0.500. The number of aromatic hydroxyl groups is 1. The highest BCUT2D eigenvalue weighted by Gasteiger charge is 2.51. The van der Waals surface area contributed by atoms with Crippen LogP contribution < -0.4 is 0 Å². The molecule has 0 aromatic heterocycles. The number of rotatable bonds is 5. The molecule has 0 bridgehead atoms. The first-order valence-corrected chi connectivity index (χ1v) is 6.16. The minimum absolute atomic E-state index is 0.281. The number of hydrogen-bond acceptors (Lipinski definition) is 2. The molecule has 0 radical (unpaired) electrons. The van der Waals surface area contributed by atoms with Crippen molar-refractivity contribution in [3.63, 3.8) is 0 Å². The zero-order chi connectivity index (χ0) is 12.5. The number of phenolic OH excluding ortho intramolecular Hbond substituents is 1. The molecule has 0 aliphatic heterocycles. The molecule has 1 fully saturated rings. The van der Waals surface area contributed by atoms with E-state index in [1.54, 1.807) is 12.1 Å². The summed E-state index contributed by atoms with van der Waals surface area (Å²) in [6.07, 6.45) is 4.30. The second-order valence-electron chi connectivity index (χ2n) is 4.83. The van der Waals surface area contributed by atoms with Gasteiger partial charge in [-0.05, 0) is 42.9 Å². The van der Waals surface area contributed by atoms with Gasteiger partial charge in [0.2, 0.25) is 0 Å². The number of benzene rings is 1. The average molecular weight is 234 g/mol. The van der Waals surface area contributed by atoms with Crippen molar-refractivity contribution in [3.8, 4) is 5.75 Å². The number of aryl methyl sites for hydroxylation is 1. The highest BCUT2D eigenvalue weighted by molar-refractivity contribution is 5.85. The van der Waals surface area contributed by atoms with Gasteiger partial charge in [0.15, 0.2) is 0 Å². The van der Waals surface area contributed by atoms with Crippen molar-refractivity contribution in [2.75, 3.05) is 0 Å². The molecule has 0 saturated heterocycles. The molecule has 1 aliphatic carbocycles. The van der Waals surface area contributed by atoms with Crippen molar-refractivity contribution >= 4 is 5.97 Å². The van der Waals surface area contributed by atoms with Crippen LogP contribution >= 0.6 is 0 Å². The minimum Gasteiger partial charge on any atom is -0.508 e. The Morgan fingerprint density at radius 2 is 2.12 bits per heavy atom. The summed E-state index contributed by atoms with van der Waals surface area (Å²) in [4.78, 5) is 11.2. The van der Waals surface area contributed by atoms with Crippen molar-refractivity contribution < 1.29 is 15.0 Å². The Bertz CT molecular complexity index is 433. The van der Waals surface area contributed by atoms with Crippen LogP contribution in [0, 0.1) is 0 Å². The third-order valence-electron chi connectivity index (χ3n) is 3.59. The molecule has 0 amide bonds. The largest absolute Gasteiger partial charge is 0.508 e. The molecule has 0 atom stereocenters. The van der Waals surface area contributed by atoms with E-state index in [1.165, 1.54) is 0 Å². The zero-order valence-electron chi connectivity index (χ0n) is 10.1. The third kappa shape index (κ3) is 2.14. The van der Waals surface area contributed by atoms with Crippen molar-refractivity contribution in [2.45, 2.75) is 44.4 Å². The van der Waals surface area contributed by atoms with Gasteiger partial charge in [-0.15, -0.1) is 0 Å². The van der Waals surface area contributed by atoms with Crippen molar-refractivity contribution in [1.82, 2.24) is 0 Å². The molecule has 1 aliphatic rings. The summed E-state index contributed by atoms with van der Waals surface area (Å²) < 4.78 is 0. The monoisotopic (exact) mass is 234 g/mol. The summed E-state index contributed by atoms with van der Waals surface area (Å²) in [7, 11) is 0. The average Bonchev–Trinajstić information content (AvgIpc) is 3.09. The first kappa shape index (κ1) is 12.0. The van der Waals surface area contributed by atoms with E-state index in [9.17, 15) is 15.0 Å². The van der Waals surface area contributed by atoms with Gasteiger partial charge in [0.1, 0.15) is 5.75 Å². The molecular weight excluding hydrogens is 216 g/mol. The molecule has 3 heteroatoms. The summed E-state index contributed by atoms with van der Waals surface area (Å²) in [6.45, 7) is 2.10. The van der Waals surface area contributed by atoms with E-state index in [0.29, 0.717) is 12.8 Å². The molecule has 1 saturated carbocycles. The molecule has 1 aromatic carbocycles. The Morgan fingerprint density at radius 3 is 2.65 bits per heavy atom. The van der Waals surface area contributed by atoms with Crippen LogP contribution in [0.1, 0.15) is 43.7 Å². The Hall–Kier alpha value is -1.51. The van der Waals surface area contributed by atoms with Crippen LogP contribution in [0.4, 0.5) is 0 Å². The molecular formula is C14H18O3. The minimum atomic E-state index is -0.746. The Kier molecular flexibility index (Phi) is 3.09. The van der Waals surface area contributed by atoms with Gasteiger partial charge in [0.25, 0.3) is 0 Å². The van der Waals surface area contributed by atoms with Crippen LogP contribution in [0.2, 0.25) is 0 Å². The van der Waals surface area contributed by atoms with E-state index < -0.39 is 11.4 Å². The summed E-state index contributed by atoms with van der Waals surface area (Å²) in [5.74, 6) is -0.465. The van der Waals surface area contributed by atoms with Crippen LogP contribution in [0.15, 0.2) is 18.2 Å². The second-order valence-corrected chi connectivity index (χ2v) is 4.83. The zero-order valence-corrected chi connectivity index (χ0v) is 10.1. The predicted molar refractivity (Wildman–Crippen MR) is 65.3 cm³/mol. The van der Waals surface area contributed by atoms with Gasteiger partial charge in [-0.2, -0.15) is 0 Å². The lowest BCUT2D eigenvalue weighted by Crippen LogP contribution is -2.19. The standard InChI is InChI=1S/C14H18O3/c1-2-3-4-10-9-11(5-6-12(10)15)14(7-8-14)13(16)17/h5-6,9,15H,2-4,7-8H2,1H3,(H,16,17). The SMILES string of the molecule is CCCCc1cc(C2(C(=O)O)CC2)ccc1O. The van der Waals surface area contributed by atoms with Crippen LogP contribution in [-0.4, -0.2) is 16.2 Å². The van der Waals surface area contributed by atoms with E-state index in [1.807, 2.05) is 6.07 Å². The molecule has 0 heterocycles. The number of aliphatic carboxylic acids is 1. The molecule has 2 rings (SSSR count). The Balaban J connectivity index is 2.28. The van der Waals surface area contributed by atoms with Gasteiger partial charge >= 0.3 is 5.97 Å². The normalized spacial score (nSPS) is 16.8. The summed E-state index contributed by atoms with van der Waals surface area (Å²) >= 11 is 0. The lowest BCUT2D eigenvalue weighted by Gasteiger charge is -2.13. The maximum absolute atomic E-state index is 11.2. The quantitative estimate of drug-likeness (QED) is 0.823. The Morgan fingerprint density at radius 1 is 1.41 bits per heavy atom. The number of carboxylic acid groups (broad SMARTS) is 1. The van der Waals surface area contributed by atoms with E-state index in [2.05, 4.69) is 6.92 Å². The fourth-order valence-electron chi connectivity index (χ4n) is 2.20. The molecule has 92 valence electrons. The highest BCUT2D eigenvalue weighted by atomic mass is 16.4. The maximum Gasteiger partial charge on any atom is 0.314 e. The number of hydrogen-bond donors (Lipinski definition) is 2. The predicted octanol–water partition coefficient (Wildman–Crippen LogP) is 2.85. The number of carboxylic acids is 1. The van der Waals surface area contributed by atoms with Gasteiger partial charge in [-0.1, -0.05) is 25.5 Å². The van der Waals surface area contributed by atoms with Crippen molar-refractivity contribution in [2.24, 2.45) is 0 Å². The maximum atomic E-state index is 11.2. The Labute approximate surface area is 101 Å². The third-order valence-corrected chi connectivity index (χ3v) is 3.59. The summed E-state index contributed by atoms with van der Waals surface area (Å²) in [5, 5.41) is 19.0. The fourth-order valence-corrected chi connectivity index (χ4v) is 2.20. The first-order valence-electron chi connectivity index (χ1n) is 6.16. The van der Waals surface area contributed by atoms with Crippen LogP contribution in [0.3, 0.4) is 0 Å². The topological polar surface area (TPSA) is 57.5 Å². The van der Waals surface area contributed by atoms with E-state index in [-0.39, 0.29) is 5.75 Å². The molecule has 0 unspecified atom stereocenters. The highest BCUT2D eigenvalue weighted by Crippen LogP contribution is 2.49. The number of unbranched alkanes of at least 4 members (excludes halogenated alkanes) is 1. The lowest BCUT2D eigenvalue weighted by molar-refractivity contribution is -0.140. The molecule has 2 N–H and O–H groups in total. The smallest absolute Gasteiger partial charge is 0.314 e. The van der Waals surface area contributed by atoms with Gasteiger partial charge in [0, 0.05) is 0 Å². The van der Waals surface area contributed by atoms with Crippen LogP contribution in [0.25, 0.3) is 0 Å². The molecule has 1 aromatic rings. The second kappa shape index (κ2) is 4.40. The van der Waals surface area contributed by atoms with E-state index in [4.69, 9.17) is 0 Å². The summed E-state index contributed by atoms with van der Waals surface area (Å²) in [6, 6.07) is 5.24. The first-order chi connectivity index (χ1) is 8.10. The van der Waals surface area contributed by atoms with Crippen LogP contribution in [0.5, 0.6) is 5.75 Å². The van der Waals surface area contributed by atoms with Crippen LogP contribution in [-0.2, 0) is 16.6 Å². The molecule has 17 heavy (non-hydrogen) atoms. The van der Waals surface area contributed by atoms with Crippen molar-refractivity contribution in [1.29, 1.82) is 0 Å². The van der Waals surface area contributed by atoms with Gasteiger partial charge in [-0.25, -0.2) is 0 Å². The molecule has 0 spiro atoms. The summed E-state index contributed by atoms with van der Waals surface area (Å²) in [5.41, 5.74) is 1.04. The van der Waals surface area contributed by atoms with E-state index >= 15 is 0 Å². The number of carbonyl (C=O) groups is 1. The van der Waals surface area contributed by atoms with E-state index in [0.717, 1.165) is 30.4 Å². The number of phenols is 1.